The van der Waals surface area contributed by atoms with Crippen LogP contribution in [0.25, 0.3) is 0 Å². The van der Waals surface area contributed by atoms with Crippen LogP contribution in [0.4, 0.5) is 4.39 Å². The van der Waals surface area contributed by atoms with Crippen molar-refractivity contribution in [1.82, 2.24) is 0 Å². The fourth-order valence-electron chi connectivity index (χ4n) is 1.59. The fourth-order valence-corrected chi connectivity index (χ4v) is 2.10. The summed E-state index contributed by atoms with van der Waals surface area (Å²) < 4.78 is 18.8. The first kappa shape index (κ1) is 11.4. The number of hydrogen-bond donors (Lipinski definition) is 1. The van der Waals surface area contributed by atoms with Crippen LogP contribution >= 0.6 is 15.9 Å². The topological polar surface area (TPSA) is 39.2 Å². The van der Waals surface area contributed by atoms with Crippen LogP contribution in [-0.4, -0.2) is 0 Å². The Morgan fingerprint density at radius 2 is 2.19 bits per heavy atom. The summed E-state index contributed by atoms with van der Waals surface area (Å²) in [7, 11) is 0. The Hall–Kier alpha value is -1.13. The largest absolute Gasteiger partial charge is 0.472 e. The summed E-state index contributed by atoms with van der Waals surface area (Å²) in [4.78, 5) is 0. The van der Waals surface area contributed by atoms with Gasteiger partial charge in [-0.25, -0.2) is 4.39 Å². The number of rotatable bonds is 3. The molecule has 0 radical (unpaired) electrons. The standard InChI is InChI=1S/C12H11BrFNO/c13-10-3-8(4-11(14)6-10)5-12(15)9-1-2-16-7-9/h1-4,6-7,12H,5,15H2. The van der Waals surface area contributed by atoms with E-state index in [1.165, 1.54) is 12.1 Å². The molecular formula is C12H11BrFNO. The van der Waals surface area contributed by atoms with Crippen LogP contribution in [0, 0.1) is 5.82 Å². The molecule has 2 rings (SSSR count). The van der Waals surface area contributed by atoms with Gasteiger partial charge in [0.25, 0.3) is 0 Å². The number of nitrogens with two attached hydrogens (primary N) is 1. The lowest BCUT2D eigenvalue weighted by Gasteiger charge is -2.09. The lowest BCUT2D eigenvalue weighted by Crippen LogP contribution is -2.12. The van der Waals surface area contributed by atoms with Crippen molar-refractivity contribution in [2.45, 2.75) is 12.5 Å². The molecule has 1 atom stereocenters. The maximum atomic E-state index is 13.1. The molecular weight excluding hydrogens is 273 g/mol. The van der Waals surface area contributed by atoms with Crippen LogP contribution in [0.2, 0.25) is 0 Å². The van der Waals surface area contributed by atoms with Gasteiger partial charge < -0.3 is 10.2 Å². The Labute approximate surface area is 101 Å². The normalized spacial score (nSPS) is 12.7. The molecule has 1 unspecified atom stereocenters. The van der Waals surface area contributed by atoms with Gasteiger partial charge in [-0.15, -0.1) is 0 Å². The van der Waals surface area contributed by atoms with Crippen molar-refractivity contribution in [2.24, 2.45) is 5.73 Å². The number of hydrogen-bond acceptors (Lipinski definition) is 2. The van der Waals surface area contributed by atoms with E-state index in [-0.39, 0.29) is 11.9 Å². The predicted molar refractivity (Wildman–Crippen MR) is 63.4 cm³/mol. The van der Waals surface area contributed by atoms with Crippen LogP contribution in [0.1, 0.15) is 17.2 Å². The van der Waals surface area contributed by atoms with E-state index in [0.717, 1.165) is 15.6 Å². The molecule has 16 heavy (non-hydrogen) atoms. The van der Waals surface area contributed by atoms with E-state index in [9.17, 15) is 4.39 Å². The Morgan fingerprint density at radius 3 is 2.81 bits per heavy atom. The summed E-state index contributed by atoms with van der Waals surface area (Å²) in [6.45, 7) is 0. The van der Waals surface area contributed by atoms with Gasteiger partial charge in [-0.1, -0.05) is 15.9 Å². The molecule has 0 amide bonds. The van der Waals surface area contributed by atoms with Crippen LogP contribution in [0.3, 0.4) is 0 Å². The highest BCUT2D eigenvalue weighted by molar-refractivity contribution is 9.10. The maximum Gasteiger partial charge on any atom is 0.124 e. The van der Waals surface area contributed by atoms with Crippen molar-refractivity contribution in [3.8, 4) is 0 Å². The average Bonchev–Trinajstić information content (AvgIpc) is 2.68. The van der Waals surface area contributed by atoms with E-state index in [1.807, 2.05) is 12.1 Å². The van der Waals surface area contributed by atoms with Crippen molar-refractivity contribution in [3.05, 3.63) is 58.2 Å². The minimum atomic E-state index is -0.260. The zero-order valence-electron chi connectivity index (χ0n) is 8.49. The molecule has 0 aliphatic carbocycles. The summed E-state index contributed by atoms with van der Waals surface area (Å²) >= 11 is 3.25. The number of benzene rings is 1. The van der Waals surface area contributed by atoms with Crippen LogP contribution < -0.4 is 5.73 Å². The third-order valence-corrected chi connectivity index (χ3v) is 2.81. The second-order valence-electron chi connectivity index (χ2n) is 3.64. The SMILES string of the molecule is NC(Cc1cc(F)cc(Br)c1)c1ccoc1. The second-order valence-corrected chi connectivity index (χ2v) is 4.56. The van der Waals surface area contributed by atoms with Crippen molar-refractivity contribution >= 4 is 15.9 Å². The molecule has 84 valence electrons. The number of halogens is 2. The highest BCUT2D eigenvalue weighted by Crippen LogP contribution is 2.20. The first-order valence-corrected chi connectivity index (χ1v) is 5.67. The molecule has 0 fully saturated rings. The van der Waals surface area contributed by atoms with Crippen molar-refractivity contribution in [3.63, 3.8) is 0 Å². The van der Waals surface area contributed by atoms with E-state index in [2.05, 4.69) is 15.9 Å². The van der Waals surface area contributed by atoms with Gasteiger partial charge in [-0.3, -0.25) is 0 Å². The minimum Gasteiger partial charge on any atom is -0.472 e. The van der Waals surface area contributed by atoms with Gasteiger partial charge in [0.05, 0.1) is 12.5 Å². The van der Waals surface area contributed by atoms with Gasteiger partial charge in [0.15, 0.2) is 0 Å². The van der Waals surface area contributed by atoms with Gasteiger partial charge in [0, 0.05) is 16.1 Å². The summed E-state index contributed by atoms with van der Waals surface area (Å²) in [6.07, 6.45) is 3.77. The average molecular weight is 284 g/mol. The Kier molecular flexibility index (Phi) is 3.41. The molecule has 1 aromatic carbocycles. The van der Waals surface area contributed by atoms with Crippen LogP contribution in [0.5, 0.6) is 0 Å². The monoisotopic (exact) mass is 283 g/mol. The molecule has 0 aliphatic heterocycles. The van der Waals surface area contributed by atoms with Crippen molar-refractivity contribution < 1.29 is 8.81 Å². The lowest BCUT2D eigenvalue weighted by molar-refractivity contribution is 0.558. The first-order valence-electron chi connectivity index (χ1n) is 4.88. The maximum absolute atomic E-state index is 13.1. The van der Waals surface area contributed by atoms with E-state index in [4.69, 9.17) is 10.2 Å². The molecule has 1 aromatic heterocycles. The quantitative estimate of drug-likeness (QED) is 0.938. The van der Waals surface area contributed by atoms with Crippen LogP contribution in [-0.2, 0) is 6.42 Å². The minimum absolute atomic E-state index is 0.174. The van der Waals surface area contributed by atoms with Gasteiger partial charge in [-0.05, 0) is 36.2 Å². The Balaban J connectivity index is 2.15. The molecule has 0 saturated carbocycles. The highest BCUT2D eigenvalue weighted by atomic mass is 79.9. The van der Waals surface area contributed by atoms with Gasteiger partial charge in [0.1, 0.15) is 5.82 Å². The molecule has 4 heteroatoms. The highest BCUT2D eigenvalue weighted by Gasteiger charge is 2.09. The van der Waals surface area contributed by atoms with Crippen molar-refractivity contribution in [2.75, 3.05) is 0 Å². The summed E-state index contributed by atoms with van der Waals surface area (Å²) in [6, 6.07) is 6.42. The molecule has 2 aromatic rings. The van der Waals surface area contributed by atoms with Gasteiger partial charge in [-0.2, -0.15) is 0 Å². The molecule has 2 N–H and O–H groups in total. The zero-order chi connectivity index (χ0) is 11.5. The predicted octanol–water partition coefficient (Wildman–Crippen LogP) is 3.42. The summed E-state index contributed by atoms with van der Waals surface area (Å²) in [5, 5.41) is 0. The molecule has 0 bridgehead atoms. The molecule has 1 heterocycles. The Morgan fingerprint density at radius 1 is 1.38 bits per heavy atom. The van der Waals surface area contributed by atoms with E-state index in [0.29, 0.717) is 6.42 Å². The summed E-state index contributed by atoms with van der Waals surface area (Å²) in [5.41, 5.74) is 7.75. The van der Waals surface area contributed by atoms with Crippen molar-refractivity contribution in [1.29, 1.82) is 0 Å². The molecule has 2 nitrogen and oxygen atoms in total. The van der Waals surface area contributed by atoms with E-state index < -0.39 is 0 Å². The van der Waals surface area contributed by atoms with E-state index >= 15 is 0 Å². The third kappa shape index (κ3) is 2.71. The fraction of sp³-hybridized carbons (Fsp3) is 0.167. The molecule has 0 saturated heterocycles. The Bertz CT molecular complexity index is 450. The molecule has 0 spiro atoms. The zero-order valence-corrected chi connectivity index (χ0v) is 10.1. The lowest BCUT2D eigenvalue weighted by atomic mass is 10.0. The first-order chi connectivity index (χ1) is 7.65. The number of furan rings is 1. The smallest absolute Gasteiger partial charge is 0.124 e. The van der Waals surface area contributed by atoms with Gasteiger partial charge >= 0.3 is 0 Å². The van der Waals surface area contributed by atoms with Crippen LogP contribution in [0.15, 0.2) is 45.7 Å². The summed E-state index contributed by atoms with van der Waals surface area (Å²) in [5.74, 6) is -0.260. The van der Waals surface area contributed by atoms with E-state index in [1.54, 1.807) is 12.5 Å². The third-order valence-electron chi connectivity index (χ3n) is 2.35. The van der Waals surface area contributed by atoms with Gasteiger partial charge in [0.2, 0.25) is 0 Å². The molecule has 0 aliphatic rings. The second kappa shape index (κ2) is 4.80.